The van der Waals surface area contributed by atoms with Crippen LogP contribution in [0.15, 0.2) is 0 Å². The van der Waals surface area contributed by atoms with Gasteiger partial charge in [0.2, 0.25) is 0 Å². The van der Waals surface area contributed by atoms with Gasteiger partial charge in [0.1, 0.15) is 0 Å². The van der Waals surface area contributed by atoms with Gasteiger partial charge in [-0.1, -0.05) is 51.9 Å². The van der Waals surface area contributed by atoms with Crippen molar-refractivity contribution in [1.82, 2.24) is 0 Å². The van der Waals surface area contributed by atoms with Gasteiger partial charge in [-0.05, 0) is 92.8 Å². The number of rotatable bonds is 3. The first-order valence-electron chi connectivity index (χ1n) is 11.3. The standard InChI is InChI=1S/C23H40/c1-2-5-17-8-10-18(11-9-17)20-14-15-23-21(16-20)13-12-19-6-3-4-7-22(19)23/h17-23H,2-16H2,1H3. The van der Waals surface area contributed by atoms with Crippen LogP contribution in [0.2, 0.25) is 0 Å². The zero-order valence-electron chi connectivity index (χ0n) is 15.6. The summed E-state index contributed by atoms with van der Waals surface area (Å²) in [7, 11) is 0. The molecule has 0 N–H and O–H groups in total. The molecule has 5 unspecified atom stereocenters. The van der Waals surface area contributed by atoms with E-state index < -0.39 is 0 Å². The molecule has 0 spiro atoms. The van der Waals surface area contributed by atoms with Crippen LogP contribution in [0.5, 0.6) is 0 Å². The van der Waals surface area contributed by atoms with Gasteiger partial charge in [-0.2, -0.15) is 0 Å². The fraction of sp³-hybridized carbons (Fsp3) is 1.00. The Kier molecular flexibility index (Phi) is 5.36. The molecule has 4 rings (SSSR count). The lowest BCUT2D eigenvalue weighted by atomic mass is 9.55. The minimum absolute atomic E-state index is 1.09. The van der Waals surface area contributed by atoms with Crippen molar-refractivity contribution in [3.8, 4) is 0 Å². The summed E-state index contributed by atoms with van der Waals surface area (Å²) >= 11 is 0. The van der Waals surface area contributed by atoms with E-state index >= 15 is 0 Å². The first-order chi connectivity index (χ1) is 11.3. The Labute approximate surface area is 145 Å². The summed E-state index contributed by atoms with van der Waals surface area (Å²) in [6.07, 6.45) is 23.5. The maximum atomic E-state index is 2.37. The average Bonchev–Trinajstić information content (AvgIpc) is 2.62. The third-order valence-electron chi connectivity index (χ3n) is 8.76. The molecule has 0 heterocycles. The van der Waals surface area contributed by atoms with Gasteiger partial charge in [-0.25, -0.2) is 0 Å². The molecule has 4 fully saturated rings. The minimum atomic E-state index is 1.09. The first kappa shape index (κ1) is 16.5. The van der Waals surface area contributed by atoms with Crippen LogP contribution in [0.25, 0.3) is 0 Å². The zero-order chi connectivity index (χ0) is 15.6. The van der Waals surface area contributed by atoms with Crippen molar-refractivity contribution in [3.63, 3.8) is 0 Å². The van der Waals surface area contributed by atoms with E-state index in [1.54, 1.807) is 83.5 Å². The summed E-state index contributed by atoms with van der Waals surface area (Å²) in [6.45, 7) is 2.37. The van der Waals surface area contributed by atoms with E-state index in [1.165, 1.54) is 12.8 Å². The predicted octanol–water partition coefficient (Wildman–Crippen LogP) is 7.23. The van der Waals surface area contributed by atoms with Gasteiger partial charge in [0.25, 0.3) is 0 Å². The highest BCUT2D eigenvalue weighted by Crippen LogP contribution is 2.54. The smallest absolute Gasteiger partial charge is 0.0355 e. The molecule has 0 aromatic rings. The molecule has 0 amide bonds. The van der Waals surface area contributed by atoms with Crippen LogP contribution in [0.1, 0.15) is 103 Å². The van der Waals surface area contributed by atoms with Crippen LogP contribution in [0, 0.1) is 41.4 Å². The first-order valence-corrected chi connectivity index (χ1v) is 11.3. The Morgan fingerprint density at radius 1 is 0.565 bits per heavy atom. The molecule has 4 aliphatic rings. The SMILES string of the molecule is CCCC1CCC(C2CCC3C(CCC4CCCCC43)C2)CC1. The van der Waals surface area contributed by atoms with Crippen molar-refractivity contribution < 1.29 is 0 Å². The summed E-state index contributed by atoms with van der Waals surface area (Å²) in [5.41, 5.74) is 0. The molecule has 0 aliphatic heterocycles. The molecule has 0 aromatic heterocycles. The summed E-state index contributed by atoms with van der Waals surface area (Å²) < 4.78 is 0. The van der Waals surface area contributed by atoms with Gasteiger partial charge >= 0.3 is 0 Å². The second kappa shape index (κ2) is 7.49. The van der Waals surface area contributed by atoms with Gasteiger partial charge < -0.3 is 0 Å². The van der Waals surface area contributed by atoms with Crippen LogP contribution < -0.4 is 0 Å². The minimum Gasteiger partial charge on any atom is -0.0654 e. The summed E-state index contributed by atoms with van der Waals surface area (Å²) in [4.78, 5) is 0. The fourth-order valence-corrected chi connectivity index (χ4v) is 7.59. The molecule has 132 valence electrons. The van der Waals surface area contributed by atoms with Crippen molar-refractivity contribution in [2.24, 2.45) is 41.4 Å². The van der Waals surface area contributed by atoms with Crippen molar-refractivity contribution in [2.45, 2.75) is 103 Å². The third kappa shape index (κ3) is 3.52. The molecular weight excluding hydrogens is 276 g/mol. The molecule has 4 saturated carbocycles. The predicted molar refractivity (Wildman–Crippen MR) is 99.4 cm³/mol. The van der Waals surface area contributed by atoms with Crippen LogP contribution in [-0.2, 0) is 0 Å². The highest BCUT2D eigenvalue weighted by molar-refractivity contribution is 4.94. The molecule has 4 aliphatic carbocycles. The summed E-state index contributed by atoms with van der Waals surface area (Å²) in [5.74, 6) is 7.93. The Morgan fingerprint density at radius 3 is 2.04 bits per heavy atom. The molecule has 0 saturated heterocycles. The third-order valence-corrected chi connectivity index (χ3v) is 8.76. The maximum absolute atomic E-state index is 2.37. The van der Waals surface area contributed by atoms with Gasteiger partial charge in [-0.3, -0.25) is 0 Å². The molecule has 0 bridgehead atoms. The molecule has 5 atom stereocenters. The molecule has 0 aromatic carbocycles. The zero-order valence-corrected chi connectivity index (χ0v) is 15.6. The molecule has 0 heteroatoms. The summed E-state index contributed by atoms with van der Waals surface area (Å²) in [5, 5.41) is 0. The van der Waals surface area contributed by atoms with Crippen LogP contribution in [-0.4, -0.2) is 0 Å². The van der Waals surface area contributed by atoms with Crippen LogP contribution in [0.4, 0.5) is 0 Å². The second-order valence-electron chi connectivity index (χ2n) is 9.85. The monoisotopic (exact) mass is 316 g/mol. The number of hydrogen-bond acceptors (Lipinski definition) is 0. The highest BCUT2D eigenvalue weighted by Gasteiger charge is 2.44. The quantitative estimate of drug-likeness (QED) is 0.515. The van der Waals surface area contributed by atoms with E-state index in [2.05, 4.69) is 6.92 Å². The molecular formula is C23H40. The van der Waals surface area contributed by atoms with Crippen molar-refractivity contribution in [2.75, 3.05) is 0 Å². The molecule has 0 radical (unpaired) electrons. The van der Waals surface area contributed by atoms with Crippen LogP contribution >= 0.6 is 0 Å². The van der Waals surface area contributed by atoms with E-state index in [1.807, 2.05) is 0 Å². The van der Waals surface area contributed by atoms with E-state index in [9.17, 15) is 0 Å². The van der Waals surface area contributed by atoms with E-state index in [4.69, 9.17) is 0 Å². The molecule has 0 nitrogen and oxygen atoms in total. The van der Waals surface area contributed by atoms with Gasteiger partial charge in [0.15, 0.2) is 0 Å². The highest BCUT2D eigenvalue weighted by atomic mass is 14.5. The van der Waals surface area contributed by atoms with E-state index in [0.29, 0.717) is 0 Å². The fourth-order valence-electron chi connectivity index (χ4n) is 7.59. The van der Waals surface area contributed by atoms with Crippen molar-refractivity contribution >= 4 is 0 Å². The van der Waals surface area contributed by atoms with Gasteiger partial charge in [0.05, 0.1) is 0 Å². The lowest BCUT2D eigenvalue weighted by molar-refractivity contribution is -0.00409. The Balaban J connectivity index is 1.31. The van der Waals surface area contributed by atoms with E-state index in [0.717, 1.165) is 41.4 Å². The summed E-state index contributed by atoms with van der Waals surface area (Å²) in [6, 6.07) is 0. The van der Waals surface area contributed by atoms with Crippen LogP contribution in [0.3, 0.4) is 0 Å². The Hall–Kier alpha value is 0. The molecule has 23 heavy (non-hydrogen) atoms. The average molecular weight is 317 g/mol. The van der Waals surface area contributed by atoms with Gasteiger partial charge in [-0.15, -0.1) is 0 Å². The normalized spacial score (nSPS) is 47.6. The lowest BCUT2D eigenvalue weighted by Gasteiger charge is -2.51. The Morgan fingerprint density at radius 2 is 1.22 bits per heavy atom. The van der Waals surface area contributed by atoms with Crippen molar-refractivity contribution in [3.05, 3.63) is 0 Å². The largest absolute Gasteiger partial charge is 0.0654 e. The van der Waals surface area contributed by atoms with E-state index in [-0.39, 0.29) is 0 Å². The van der Waals surface area contributed by atoms with Crippen molar-refractivity contribution in [1.29, 1.82) is 0 Å². The number of hydrogen-bond donors (Lipinski definition) is 0. The second-order valence-corrected chi connectivity index (χ2v) is 9.85. The lowest BCUT2D eigenvalue weighted by Crippen LogP contribution is -2.41. The van der Waals surface area contributed by atoms with Gasteiger partial charge in [0, 0.05) is 0 Å². The Bertz CT molecular complexity index is 364. The number of fused-ring (bicyclic) bond motifs is 3. The topological polar surface area (TPSA) is 0 Å². The maximum Gasteiger partial charge on any atom is -0.0355 e.